The highest BCUT2D eigenvalue weighted by Crippen LogP contribution is 2.68. The summed E-state index contributed by atoms with van der Waals surface area (Å²) < 4.78 is 0. The third-order valence-electron chi connectivity index (χ3n) is 4.30. The molecular weight excluding hydrogens is 190 g/mol. The molecule has 15 heavy (non-hydrogen) atoms. The van der Waals surface area contributed by atoms with Crippen LogP contribution in [0.2, 0.25) is 0 Å². The summed E-state index contributed by atoms with van der Waals surface area (Å²) in [5, 5.41) is 7.05. The second kappa shape index (κ2) is 2.26. The first kappa shape index (κ1) is 7.91. The predicted octanol–water partition coefficient (Wildman–Crippen LogP) is 0.804. The monoisotopic (exact) mass is 203 g/mol. The van der Waals surface area contributed by atoms with Gasteiger partial charge in [-0.15, -0.1) is 0 Å². The van der Waals surface area contributed by atoms with Crippen molar-refractivity contribution in [1.29, 1.82) is 0 Å². The topological polar surface area (TPSA) is 71.8 Å². The van der Waals surface area contributed by atoms with E-state index in [2.05, 4.69) is 10.2 Å². The average Bonchev–Trinajstić information content (AvgIpc) is 3.03. The molecule has 78 valence electrons. The van der Waals surface area contributed by atoms with Crippen LogP contribution in [-0.2, 0) is 6.42 Å². The van der Waals surface area contributed by atoms with E-state index in [4.69, 9.17) is 5.73 Å². The lowest BCUT2D eigenvalue weighted by Gasteiger charge is -2.01. The number of primary amides is 1. The lowest BCUT2D eigenvalue weighted by molar-refractivity contribution is 0.0994. The first-order valence-electron chi connectivity index (χ1n) is 5.64. The van der Waals surface area contributed by atoms with Crippen LogP contribution in [0.15, 0.2) is 0 Å². The summed E-state index contributed by atoms with van der Waals surface area (Å²) >= 11 is 0. The van der Waals surface area contributed by atoms with Gasteiger partial charge in [0.05, 0.1) is 0 Å². The number of H-pyrrole nitrogens is 1. The van der Waals surface area contributed by atoms with Gasteiger partial charge >= 0.3 is 0 Å². The number of hydrogen-bond donors (Lipinski definition) is 2. The van der Waals surface area contributed by atoms with Crippen molar-refractivity contribution in [2.75, 3.05) is 0 Å². The van der Waals surface area contributed by atoms with Gasteiger partial charge in [0, 0.05) is 17.2 Å². The second-order valence-electron chi connectivity index (χ2n) is 5.14. The summed E-state index contributed by atoms with van der Waals surface area (Å²) in [5.74, 6) is 2.93. The molecule has 0 saturated heterocycles. The van der Waals surface area contributed by atoms with E-state index in [-0.39, 0.29) is 0 Å². The molecule has 1 amide bonds. The maximum Gasteiger partial charge on any atom is 0.269 e. The summed E-state index contributed by atoms with van der Waals surface area (Å²) in [6, 6.07) is 0. The Labute approximate surface area is 87.2 Å². The van der Waals surface area contributed by atoms with E-state index in [0.717, 1.165) is 29.7 Å². The van der Waals surface area contributed by atoms with E-state index in [0.29, 0.717) is 11.6 Å². The lowest BCUT2D eigenvalue weighted by atomic mass is 10.0. The molecule has 0 spiro atoms. The van der Waals surface area contributed by atoms with Crippen LogP contribution in [0.1, 0.15) is 40.5 Å². The molecule has 1 aromatic rings. The maximum absolute atomic E-state index is 11.1. The van der Waals surface area contributed by atoms with Crippen LogP contribution in [0.25, 0.3) is 0 Å². The highest BCUT2D eigenvalue weighted by Gasteiger charge is 2.62. The number of nitrogens with zero attached hydrogens (tertiary/aromatic N) is 1. The summed E-state index contributed by atoms with van der Waals surface area (Å²) in [6.07, 6.45) is 3.84. The van der Waals surface area contributed by atoms with Crippen molar-refractivity contribution >= 4 is 5.91 Å². The van der Waals surface area contributed by atoms with E-state index < -0.39 is 5.91 Å². The van der Waals surface area contributed by atoms with E-state index >= 15 is 0 Å². The van der Waals surface area contributed by atoms with Gasteiger partial charge in [-0.2, -0.15) is 5.10 Å². The Morgan fingerprint density at radius 3 is 2.93 bits per heavy atom. The molecule has 0 unspecified atom stereocenters. The molecular formula is C11H13N3O. The Morgan fingerprint density at radius 2 is 2.27 bits per heavy atom. The fourth-order valence-corrected chi connectivity index (χ4v) is 3.49. The zero-order valence-corrected chi connectivity index (χ0v) is 8.36. The van der Waals surface area contributed by atoms with E-state index in [9.17, 15) is 4.79 Å². The van der Waals surface area contributed by atoms with Crippen molar-refractivity contribution in [3.63, 3.8) is 0 Å². The molecule has 4 nitrogen and oxygen atoms in total. The van der Waals surface area contributed by atoms with Crippen LogP contribution in [0.4, 0.5) is 0 Å². The predicted molar refractivity (Wildman–Crippen MR) is 53.3 cm³/mol. The molecule has 4 heteroatoms. The molecule has 3 aliphatic rings. The Bertz CT molecular complexity index is 460. The van der Waals surface area contributed by atoms with Gasteiger partial charge in [-0.05, 0) is 37.0 Å². The van der Waals surface area contributed by atoms with Gasteiger partial charge in [-0.3, -0.25) is 9.89 Å². The standard InChI is InChI=1S/C11H13N3O/c12-11(15)10-6-3-5-7(4-1-2-4)8(5)9(6)13-14-10/h4-5,7-8H,1-3H2,(H2,12,15)(H,13,14)/t5-,7+,8-/m0/s1. The van der Waals surface area contributed by atoms with Gasteiger partial charge in [0.25, 0.3) is 5.91 Å². The van der Waals surface area contributed by atoms with Crippen molar-refractivity contribution in [2.24, 2.45) is 23.5 Å². The Hall–Kier alpha value is -1.32. The summed E-state index contributed by atoms with van der Waals surface area (Å²) in [6.45, 7) is 0. The largest absolute Gasteiger partial charge is 0.364 e. The first-order valence-corrected chi connectivity index (χ1v) is 5.64. The minimum atomic E-state index is -0.392. The molecule has 3 atom stereocenters. The Kier molecular flexibility index (Phi) is 1.19. The van der Waals surface area contributed by atoms with Crippen LogP contribution in [0.5, 0.6) is 0 Å². The minimum absolute atomic E-state index is 0.392. The van der Waals surface area contributed by atoms with Crippen molar-refractivity contribution in [3.05, 3.63) is 17.0 Å². The third kappa shape index (κ3) is 0.874. The molecule has 0 aromatic carbocycles. The van der Waals surface area contributed by atoms with Crippen LogP contribution >= 0.6 is 0 Å². The number of carbonyl (C=O) groups is 1. The van der Waals surface area contributed by atoms with Crippen LogP contribution in [0.3, 0.4) is 0 Å². The van der Waals surface area contributed by atoms with E-state index in [1.54, 1.807) is 0 Å². The van der Waals surface area contributed by atoms with Gasteiger partial charge in [0.15, 0.2) is 5.69 Å². The molecule has 1 heterocycles. The molecule has 3 aliphatic carbocycles. The number of aromatic amines is 1. The molecule has 0 radical (unpaired) electrons. The second-order valence-corrected chi connectivity index (χ2v) is 5.14. The molecule has 2 saturated carbocycles. The minimum Gasteiger partial charge on any atom is -0.364 e. The first-order chi connectivity index (χ1) is 7.27. The average molecular weight is 203 g/mol. The zero-order valence-electron chi connectivity index (χ0n) is 8.36. The molecule has 3 N–H and O–H groups in total. The number of amides is 1. The lowest BCUT2D eigenvalue weighted by Crippen LogP contribution is -2.14. The zero-order chi connectivity index (χ0) is 10.2. The fraction of sp³-hybridized carbons (Fsp3) is 0.636. The van der Waals surface area contributed by atoms with E-state index in [1.165, 1.54) is 18.5 Å². The number of nitrogens with one attached hydrogen (secondary N) is 1. The van der Waals surface area contributed by atoms with Crippen molar-refractivity contribution < 1.29 is 4.79 Å². The SMILES string of the molecule is NC(=O)c1n[nH]c2c1C[C@@H]1[C@H]2[C@@H]1C1CC1. The number of hydrogen-bond acceptors (Lipinski definition) is 2. The molecule has 4 rings (SSSR count). The summed E-state index contributed by atoms with van der Waals surface area (Å²) in [7, 11) is 0. The van der Waals surface area contributed by atoms with E-state index in [1.807, 2.05) is 0 Å². The highest BCUT2D eigenvalue weighted by atomic mass is 16.1. The van der Waals surface area contributed by atoms with Crippen molar-refractivity contribution in [3.8, 4) is 0 Å². The molecule has 0 aliphatic heterocycles. The third-order valence-corrected chi connectivity index (χ3v) is 4.30. The summed E-state index contributed by atoms with van der Waals surface area (Å²) in [5.41, 5.74) is 8.07. The smallest absolute Gasteiger partial charge is 0.269 e. The van der Waals surface area contributed by atoms with Gasteiger partial charge in [-0.1, -0.05) is 0 Å². The van der Waals surface area contributed by atoms with Crippen LogP contribution in [0, 0.1) is 17.8 Å². The fourth-order valence-electron chi connectivity index (χ4n) is 3.49. The van der Waals surface area contributed by atoms with Gasteiger partial charge in [0.2, 0.25) is 0 Å². The van der Waals surface area contributed by atoms with Crippen LogP contribution in [-0.4, -0.2) is 16.1 Å². The van der Waals surface area contributed by atoms with Gasteiger partial charge in [0.1, 0.15) is 0 Å². The Balaban J connectivity index is 1.71. The number of aromatic nitrogens is 2. The number of carbonyl (C=O) groups excluding carboxylic acids is 1. The molecule has 1 aromatic heterocycles. The quantitative estimate of drug-likeness (QED) is 0.746. The van der Waals surface area contributed by atoms with Crippen LogP contribution < -0.4 is 5.73 Å². The maximum atomic E-state index is 11.1. The summed E-state index contributed by atoms with van der Waals surface area (Å²) in [4.78, 5) is 11.1. The highest BCUT2D eigenvalue weighted by molar-refractivity contribution is 5.93. The Morgan fingerprint density at radius 1 is 1.47 bits per heavy atom. The number of rotatable bonds is 2. The van der Waals surface area contributed by atoms with Gasteiger partial charge < -0.3 is 5.73 Å². The van der Waals surface area contributed by atoms with Crippen molar-refractivity contribution in [1.82, 2.24) is 10.2 Å². The van der Waals surface area contributed by atoms with Gasteiger partial charge in [-0.25, -0.2) is 0 Å². The normalized spacial score (nSPS) is 36.1. The molecule has 2 fully saturated rings. The number of fused-ring (bicyclic) bond motifs is 3. The molecule has 0 bridgehead atoms. The van der Waals surface area contributed by atoms with Crippen molar-refractivity contribution in [2.45, 2.75) is 25.2 Å². The number of nitrogens with two attached hydrogens (primary N) is 1.